The topological polar surface area (TPSA) is 18.5 Å². The Labute approximate surface area is 144 Å². The summed E-state index contributed by atoms with van der Waals surface area (Å²) in [6.07, 6.45) is 19.1. The van der Waals surface area contributed by atoms with Crippen molar-refractivity contribution in [3.05, 3.63) is 24.3 Å². The largest absolute Gasteiger partial charge is 0.350 e. The van der Waals surface area contributed by atoms with E-state index in [0.29, 0.717) is 25.0 Å². The van der Waals surface area contributed by atoms with Crippen molar-refractivity contribution in [3.8, 4) is 0 Å². The first-order valence-electron chi connectivity index (χ1n) is 9.86. The molecule has 0 aromatic heterocycles. The van der Waals surface area contributed by atoms with E-state index in [9.17, 15) is 0 Å². The fraction of sp³-hybridized carbons (Fsp3) is 0.810. The van der Waals surface area contributed by atoms with Gasteiger partial charge >= 0.3 is 0 Å². The molecule has 1 aliphatic rings. The Morgan fingerprint density at radius 3 is 1.91 bits per heavy atom. The predicted octanol–water partition coefficient (Wildman–Crippen LogP) is 6.27. The molecule has 0 amide bonds. The molecule has 0 saturated carbocycles. The summed E-state index contributed by atoms with van der Waals surface area (Å²) in [5, 5.41) is 0. The summed E-state index contributed by atoms with van der Waals surface area (Å²) in [5.41, 5.74) is 0. The second-order valence-corrected chi connectivity index (χ2v) is 6.54. The molecule has 2 heteroatoms. The van der Waals surface area contributed by atoms with Crippen molar-refractivity contribution in [1.29, 1.82) is 0 Å². The van der Waals surface area contributed by atoms with E-state index in [1.807, 2.05) is 0 Å². The minimum Gasteiger partial charge on any atom is -0.350 e. The maximum Gasteiger partial charge on any atom is 0.171 e. The summed E-state index contributed by atoms with van der Waals surface area (Å²) >= 11 is 0. The maximum atomic E-state index is 6.20. The summed E-state index contributed by atoms with van der Waals surface area (Å²) in [7, 11) is 0. The molecular formula is C21H38O2. The van der Waals surface area contributed by atoms with Crippen LogP contribution >= 0.6 is 0 Å². The standard InChI is InChI=1S/C21H38O2/c1-5-9-10-11-12-13-18-20(19-16-14-15-17-19)21(6-2,22-7-3)23-8-4/h14-17,19-20H,5-13,18H2,1-4H3. The van der Waals surface area contributed by atoms with Crippen LogP contribution in [-0.2, 0) is 9.47 Å². The van der Waals surface area contributed by atoms with Crippen molar-refractivity contribution in [2.75, 3.05) is 13.2 Å². The number of rotatable bonds is 14. The Hall–Kier alpha value is -0.600. The summed E-state index contributed by atoms with van der Waals surface area (Å²) in [4.78, 5) is 0. The Morgan fingerprint density at radius 2 is 1.39 bits per heavy atom. The highest BCUT2D eigenvalue weighted by Gasteiger charge is 2.41. The fourth-order valence-electron chi connectivity index (χ4n) is 3.78. The van der Waals surface area contributed by atoms with E-state index in [2.05, 4.69) is 52.0 Å². The van der Waals surface area contributed by atoms with E-state index in [1.165, 1.54) is 44.9 Å². The maximum absolute atomic E-state index is 6.20. The van der Waals surface area contributed by atoms with E-state index in [0.717, 1.165) is 6.42 Å². The van der Waals surface area contributed by atoms with Crippen LogP contribution in [0.2, 0.25) is 0 Å². The smallest absolute Gasteiger partial charge is 0.171 e. The van der Waals surface area contributed by atoms with Crippen LogP contribution < -0.4 is 0 Å². The van der Waals surface area contributed by atoms with Crippen molar-refractivity contribution in [2.24, 2.45) is 11.8 Å². The van der Waals surface area contributed by atoms with E-state index in [-0.39, 0.29) is 0 Å². The van der Waals surface area contributed by atoms with E-state index in [4.69, 9.17) is 9.47 Å². The molecule has 134 valence electrons. The zero-order valence-corrected chi connectivity index (χ0v) is 15.9. The number of hydrogen-bond donors (Lipinski definition) is 0. The van der Waals surface area contributed by atoms with E-state index in [1.54, 1.807) is 0 Å². The van der Waals surface area contributed by atoms with Gasteiger partial charge in [-0.3, -0.25) is 0 Å². The SMILES string of the molecule is CCCCCCCCC(C1C=CC=C1)C(CC)(OCC)OCC. The number of hydrogen-bond acceptors (Lipinski definition) is 2. The predicted molar refractivity (Wildman–Crippen MR) is 99.5 cm³/mol. The Balaban J connectivity index is 2.69. The third kappa shape index (κ3) is 6.43. The van der Waals surface area contributed by atoms with Crippen molar-refractivity contribution in [2.45, 2.75) is 84.8 Å². The number of unbranched alkanes of at least 4 members (excludes halogenated alkanes) is 5. The molecule has 2 nitrogen and oxygen atoms in total. The molecule has 0 N–H and O–H groups in total. The average Bonchev–Trinajstić information content (AvgIpc) is 3.08. The number of ether oxygens (including phenoxy) is 2. The number of allylic oxidation sites excluding steroid dienone is 4. The van der Waals surface area contributed by atoms with Gasteiger partial charge in [0.15, 0.2) is 5.79 Å². The van der Waals surface area contributed by atoms with Crippen LogP contribution in [-0.4, -0.2) is 19.0 Å². The zero-order chi connectivity index (χ0) is 17.0. The lowest BCUT2D eigenvalue weighted by molar-refractivity contribution is -0.270. The van der Waals surface area contributed by atoms with Crippen molar-refractivity contribution in [1.82, 2.24) is 0 Å². The van der Waals surface area contributed by atoms with Crippen LogP contribution in [0.3, 0.4) is 0 Å². The molecule has 0 bridgehead atoms. The molecule has 1 atom stereocenters. The van der Waals surface area contributed by atoms with Gasteiger partial charge in [-0.05, 0) is 26.7 Å². The Bertz CT molecular complexity index is 328. The third-order valence-electron chi connectivity index (χ3n) is 4.95. The van der Waals surface area contributed by atoms with Crippen LogP contribution in [0.1, 0.15) is 79.1 Å². The van der Waals surface area contributed by atoms with E-state index < -0.39 is 5.79 Å². The molecule has 1 aliphatic carbocycles. The van der Waals surface area contributed by atoms with Gasteiger partial charge in [0.1, 0.15) is 0 Å². The highest BCUT2D eigenvalue weighted by Crippen LogP contribution is 2.39. The van der Waals surface area contributed by atoms with Gasteiger partial charge in [0.2, 0.25) is 0 Å². The van der Waals surface area contributed by atoms with Gasteiger partial charge in [-0.15, -0.1) is 0 Å². The summed E-state index contributed by atoms with van der Waals surface area (Å²) in [5.74, 6) is 0.425. The minimum absolute atomic E-state index is 0.411. The van der Waals surface area contributed by atoms with Gasteiger partial charge in [-0.2, -0.15) is 0 Å². The van der Waals surface area contributed by atoms with Gasteiger partial charge in [0, 0.05) is 25.0 Å². The van der Waals surface area contributed by atoms with Crippen molar-refractivity contribution < 1.29 is 9.47 Å². The lowest BCUT2D eigenvalue weighted by Crippen LogP contribution is -2.46. The molecule has 0 spiro atoms. The third-order valence-corrected chi connectivity index (χ3v) is 4.95. The molecule has 0 fully saturated rings. The van der Waals surface area contributed by atoms with Gasteiger partial charge in [-0.1, -0.05) is 76.7 Å². The monoisotopic (exact) mass is 322 g/mol. The van der Waals surface area contributed by atoms with Crippen LogP contribution in [0.5, 0.6) is 0 Å². The minimum atomic E-state index is -0.434. The first-order chi connectivity index (χ1) is 11.2. The van der Waals surface area contributed by atoms with Crippen LogP contribution in [0.25, 0.3) is 0 Å². The highest BCUT2D eigenvalue weighted by atomic mass is 16.7. The molecule has 0 aliphatic heterocycles. The fourth-order valence-corrected chi connectivity index (χ4v) is 3.78. The van der Waals surface area contributed by atoms with Gasteiger partial charge in [0.05, 0.1) is 0 Å². The molecular weight excluding hydrogens is 284 g/mol. The Morgan fingerprint density at radius 1 is 0.826 bits per heavy atom. The quantitative estimate of drug-likeness (QED) is 0.277. The molecule has 0 aromatic rings. The summed E-state index contributed by atoms with van der Waals surface area (Å²) < 4.78 is 12.4. The average molecular weight is 323 g/mol. The molecule has 0 saturated heterocycles. The molecule has 1 unspecified atom stereocenters. The van der Waals surface area contributed by atoms with Crippen LogP contribution in [0.4, 0.5) is 0 Å². The van der Waals surface area contributed by atoms with Crippen LogP contribution in [0, 0.1) is 11.8 Å². The summed E-state index contributed by atoms with van der Waals surface area (Å²) in [6, 6.07) is 0. The second kappa shape index (κ2) is 11.9. The lowest BCUT2D eigenvalue weighted by Gasteiger charge is -2.41. The molecule has 1 rings (SSSR count). The highest BCUT2D eigenvalue weighted by molar-refractivity contribution is 5.19. The normalized spacial score (nSPS) is 16.3. The zero-order valence-electron chi connectivity index (χ0n) is 15.9. The van der Waals surface area contributed by atoms with Crippen LogP contribution in [0.15, 0.2) is 24.3 Å². The second-order valence-electron chi connectivity index (χ2n) is 6.54. The van der Waals surface area contributed by atoms with Gasteiger partial charge < -0.3 is 9.47 Å². The molecule has 0 aromatic carbocycles. The van der Waals surface area contributed by atoms with Crippen molar-refractivity contribution in [3.63, 3.8) is 0 Å². The molecule has 0 radical (unpaired) electrons. The van der Waals surface area contributed by atoms with E-state index >= 15 is 0 Å². The molecule has 0 heterocycles. The van der Waals surface area contributed by atoms with Crippen molar-refractivity contribution >= 4 is 0 Å². The summed E-state index contributed by atoms with van der Waals surface area (Å²) in [6.45, 7) is 10.0. The Kier molecular flexibility index (Phi) is 10.5. The lowest BCUT2D eigenvalue weighted by atomic mass is 9.80. The van der Waals surface area contributed by atoms with Gasteiger partial charge in [0.25, 0.3) is 0 Å². The molecule has 23 heavy (non-hydrogen) atoms. The first kappa shape index (κ1) is 20.4. The van der Waals surface area contributed by atoms with Gasteiger partial charge in [-0.25, -0.2) is 0 Å². The first-order valence-corrected chi connectivity index (χ1v) is 9.86.